The summed E-state index contributed by atoms with van der Waals surface area (Å²) in [5.74, 6) is -1.44. The Morgan fingerprint density at radius 3 is 2.20 bits per heavy atom. The van der Waals surface area contributed by atoms with Crippen molar-refractivity contribution in [2.75, 3.05) is 21.1 Å². The van der Waals surface area contributed by atoms with E-state index < -0.39 is 27.4 Å². The van der Waals surface area contributed by atoms with Crippen molar-refractivity contribution in [3.63, 3.8) is 0 Å². The van der Waals surface area contributed by atoms with Crippen molar-refractivity contribution in [3.05, 3.63) is 17.4 Å². The SMILES string of the molecule is Cc1oc(S(=O)(=O)N(C)C)cc1C(=O)N(C)C1(C(=O)O)CCCCC1. The number of carbonyl (C=O) groups is 2. The Kier molecular flexibility index (Phi) is 5.29. The summed E-state index contributed by atoms with van der Waals surface area (Å²) in [6.45, 7) is 1.49. The van der Waals surface area contributed by atoms with Gasteiger partial charge in [0.15, 0.2) is 0 Å². The van der Waals surface area contributed by atoms with Crippen LogP contribution in [0.25, 0.3) is 0 Å². The standard InChI is InChI=1S/C16H24N2O6S/c1-11-12(10-13(24-11)25(22,23)17(2)3)14(19)18(4)16(15(20)21)8-6-5-7-9-16/h10H,5-9H2,1-4H3,(H,20,21). The molecular weight excluding hydrogens is 348 g/mol. The number of carboxylic acid groups (broad SMARTS) is 1. The van der Waals surface area contributed by atoms with Crippen LogP contribution in [0.3, 0.4) is 0 Å². The van der Waals surface area contributed by atoms with Crippen LogP contribution in [0.15, 0.2) is 15.6 Å². The number of nitrogens with zero attached hydrogens (tertiary/aromatic N) is 2. The summed E-state index contributed by atoms with van der Waals surface area (Å²) < 4.78 is 30.6. The van der Waals surface area contributed by atoms with Crippen molar-refractivity contribution >= 4 is 21.9 Å². The zero-order chi connectivity index (χ0) is 19.0. The predicted octanol–water partition coefficient (Wildman–Crippen LogP) is 1.70. The van der Waals surface area contributed by atoms with E-state index in [2.05, 4.69) is 0 Å². The van der Waals surface area contributed by atoms with Crippen molar-refractivity contribution in [2.45, 2.75) is 49.7 Å². The summed E-state index contributed by atoms with van der Waals surface area (Å²) in [7, 11) is 0.365. The van der Waals surface area contributed by atoms with Crippen LogP contribution in [0.1, 0.15) is 48.2 Å². The Labute approximate surface area is 147 Å². The summed E-state index contributed by atoms with van der Waals surface area (Å²) in [4.78, 5) is 26.0. The molecule has 0 unspecified atom stereocenters. The van der Waals surface area contributed by atoms with Crippen LogP contribution >= 0.6 is 0 Å². The Balaban J connectivity index is 2.40. The molecule has 1 aliphatic carbocycles. The maximum atomic E-state index is 12.9. The monoisotopic (exact) mass is 372 g/mol. The van der Waals surface area contributed by atoms with E-state index in [4.69, 9.17) is 4.42 Å². The largest absolute Gasteiger partial charge is 0.479 e. The maximum absolute atomic E-state index is 12.9. The number of hydrogen-bond acceptors (Lipinski definition) is 5. The van der Waals surface area contributed by atoms with E-state index in [1.54, 1.807) is 0 Å². The summed E-state index contributed by atoms with van der Waals surface area (Å²) in [5, 5.41) is 9.38. The normalized spacial score (nSPS) is 17.5. The van der Waals surface area contributed by atoms with Gasteiger partial charge in [-0.15, -0.1) is 0 Å². The smallest absolute Gasteiger partial charge is 0.329 e. The van der Waals surface area contributed by atoms with Crippen molar-refractivity contribution in [2.24, 2.45) is 0 Å². The van der Waals surface area contributed by atoms with Gasteiger partial charge in [0.2, 0.25) is 5.09 Å². The fourth-order valence-corrected chi connectivity index (χ4v) is 4.04. The highest BCUT2D eigenvalue weighted by molar-refractivity contribution is 7.88. The van der Waals surface area contributed by atoms with Gasteiger partial charge in [0.25, 0.3) is 15.9 Å². The number of sulfonamides is 1. The topological polar surface area (TPSA) is 108 Å². The predicted molar refractivity (Wildman–Crippen MR) is 89.9 cm³/mol. The van der Waals surface area contributed by atoms with E-state index in [-0.39, 0.29) is 16.4 Å². The van der Waals surface area contributed by atoms with Gasteiger partial charge in [0, 0.05) is 27.2 Å². The van der Waals surface area contributed by atoms with Gasteiger partial charge in [-0.25, -0.2) is 17.5 Å². The molecule has 8 nitrogen and oxygen atoms in total. The molecule has 1 saturated carbocycles. The van der Waals surface area contributed by atoms with E-state index in [0.717, 1.165) is 23.6 Å². The van der Waals surface area contributed by atoms with Crippen LogP contribution in [-0.2, 0) is 14.8 Å². The molecule has 0 bridgehead atoms. The number of aliphatic carboxylic acids is 1. The van der Waals surface area contributed by atoms with Crippen LogP contribution in [0, 0.1) is 6.92 Å². The molecule has 0 spiro atoms. The zero-order valence-corrected chi connectivity index (χ0v) is 15.7. The van der Waals surface area contributed by atoms with E-state index in [0.29, 0.717) is 12.8 Å². The average Bonchev–Trinajstić information content (AvgIpc) is 2.96. The fraction of sp³-hybridized carbons (Fsp3) is 0.625. The van der Waals surface area contributed by atoms with E-state index in [9.17, 15) is 23.1 Å². The molecule has 1 aromatic heterocycles. The second-order valence-electron chi connectivity index (χ2n) is 6.58. The van der Waals surface area contributed by atoms with Gasteiger partial charge in [-0.3, -0.25) is 4.79 Å². The third-order valence-corrected chi connectivity index (χ3v) is 6.56. The molecule has 1 aliphatic rings. The second kappa shape index (κ2) is 6.80. The molecule has 9 heteroatoms. The molecule has 0 atom stereocenters. The van der Waals surface area contributed by atoms with Crippen LogP contribution < -0.4 is 0 Å². The number of rotatable bonds is 5. The van der Waals surface area contributed by atoms with Gasteiger partial charge in [0.05, 0.1) is 5.56 Å². The molecule has 1 amide bonds. The lowest BCUT2D eigenvalue weighted by Crippen LogP contribution is -2.56. The summed E-state index contributed by atoms with van der Waals surface area (Å²) >= 11 is 0. The van der Waals surface area contributed by atoms with Gasteiger partial charge in [0.1, 0.15) is 11.3 Å². The van der Waals surface area contributed by atoms with Gasteiger partial charge in [-0.2, -0.15) is 0 Å². The minimum atomic E-state index is -3.81. The third kappa shape index (κ3) is 3.30. The quantitative estimate of drug-likeness (QED) is 0.843. The molecule has 0 radical (unpaired) electrons. The number of carbonyl (C=O) groups excluding carboxylic acids is 1. The fourth-order valence-electron chi connectivity index (χ4n) is 3.18. The number of likely N-dealkylation sites (N-methyl/N-ethyl adjacent to an activating group) is 1. The first-order chi connectivity index (χ1) is 11.5. The average molecular weight is 372 g/mol. The number of amides is 1. The second-order valence-corrected chi connectivity index (χ2v) is 8.67. The molecule has 140 valence electrons. The third-order valence-electron chi connectivity index (χ3n) is 4.89. The Morgan fingerprint density at radius 1 is 1.16 bits per heavy atom. The first-order valence-corrected chi connectivity index (χ1v) is 9.52. The van der Waals surface area contributed by atoms with Crippen LogP contribution in [0.5, 0.6) is 0 Å². The van der Waals surface area contributed by atoms with Crippen LogP contribution in [0.4, 0.5) is 0 Å². The van der Waals surface area contributed by atoms with Crippen molar-refractivity contribution in [1.82, 2.24) is 9.21 Å². The van der Waals surface area contributed by atoms with Gasteiger partial charge in [-0.05, 0) is 19.8 Å². The summed E-state index contributed by atoms with van der Waals surface area (Å²) in [6, 6.07) is 1.17. The summed E-state index contributed by atoms with van der Waals surface area (Å²) in [6.07, 6.45) is 3.16. The zero-order valence-electron chi connectivity index (χ0n) is 14.9. The van der Waals surface area contributed by atoms with Gasteiger partial charge >= 0.3 is 5.97 Å². The maximum Gasteiger partial charge on any atom is 0.329 e. The molecule has 1 fully saturated rings. The van der Waals surface area contributed by atoms with Crippen molar-refractivity contribution in [3.8, 4) is 0 Å². The van der Waals surface area contributed by atoms with Crippen LogP contribution in [0.2, 0.25) is 0 Å². The van der Waals surface area contributed by atoms with E-state index >= 15 is 0 Å². The van der Waals surface area contributed by atoms with Crippen molar-refractivity contribution < 1.29 is 27.5 Å². The first kappa shape index (κ1) is 19.5. The number of aryl methyl sites for hydroxylation is 1. The Morgan fingerprint density at radius 2 is 1.72 bits per heavy atom. The number of carboxylic acids is 1. The molecule has 1 heterocycles. The molecule has 25 heavy (non-hydrogen) atoms. The van der Waals surface area contributed by atoms with Gasteiger partial charge in [-0.1, -0.05) is 19.3 Å². The Bertz CT molecular complexity index is 775. The number of furan rings is 1. The first-order valence-electron chi connectivity index (χ1n) is 8.08. The highest BCUT2D eigenvalue weighted by Crippen LogP contribution is 2.35. The molecule has 0 aromatic carbocycles. The molecule has 0 aliphatic heterocycles. The van der Waals surface area contributed by atoms with E-state index in [1.165, 1.54) is 39.0 Å². The Hall–Kier alpha value is -1.87. The minimum Gasteiger partial charge on any atom is -0.479 e. The van der Waals surface area contributed by atoms with E-state index in [1.807, 2.05) is 0 Å². The molecular formula is C16H24N2O6S. The lowest BCUT2D eigenvalue weighted by Gasteiger charge is -2.40. The minimum absolute atomic E-state index is 0.0640. The highest BCUT2D eigenvalue weighted by atomic mass is 32.2. The molecule has 1 aromatic rings. The number of hydrogen-bond donors (Lipinski definition) is 1. The summed E-state index contributed by atoms with van der Waals surface area (Å²) in [5.41, 5.74) is -1.20. The lowest BCUT2D eigenvalue weighted by atomic mass is 9.80. The molecule has 1 N–H and O–H groups in total. The highest BCUT2D eigenvalue weighted by Gasteiger charge is 2.46. The molecule has 2 rings (SSSR count). The lowest BCUT2D eigenvalue weighted by molar-refractivity contribution is -0.151. The van der Waals surface area contributed by atoms with Crippen molar-refractivity contribution in [1.29, 1.82) is 0 Å². The molecule has 0 saturated heterocycles. The van der Waals surface area contributed by atoms with Crippen LogP contribution in [-0.4, -0.2) is 61.3 Å². The van der Waals surface area contributed by atoms with Gasteiger partial charge < -0.3 is 14.4 Å².